The number of rotatable bonds is 2. The van der Waals surface area contributed by atoms with Crippen LogP contribution in [0.4, 0.5) is 11.6 Å². The molecule has 0 unspecified atom stereocenters. The fourth-order valence-electron chi connectivity index (χ4n) is 3.12. The van der Waals surface area contributed by atoms with E-state index in [4.69, 9.17) is 16.7 Å². The van der Waals surface area contributed by atoms with Gasteiger partial charge in [-0.1, -0.05) is 72.3 Å². The average molecular weight is 372 g/mol. The third kappa shape index (κ3) is 2.78. The van der Waals surface area contributed by atoms with Gasteiger partial charge in [-0.2, -0.15) is 9.78 Å². The van der Waals surface area contributed by atoms with Gasteiger partial charge in [0.1, 0.15) is 5.71 Å². The van der Waals surface area contributed by atoms with E-state index in [-0.39, 0.29) is 0 Å². The van der Waals surface area contributed by atoms with Gasteiger partial charge in [0, 0.05) is 21.7 Å². The summed E-state index contributed by atoms with van der Waals surface area (Å²) in [4.78, 5) is 0. The van der Waals surface area contributed by atoms with E-state index in [1.165, 1.54) is 0 Å². The molecular formula is C21H14ClN5. The summed E-state index contributed by atoms with van der Waals surface area (Å²) in [6.45, 7) is 0. The molecule has 1 aliphatic rings. The second kappa shape index (κ2) is 6.37. The minimum absolute atomic E-state index is 0.559. The third-order valence-corrected chi connectivity index (χ3v) is 4.64. The van der Waals surface area contributed by atoms with Crippen LogP contribution in [0.3, 0.4) is 0 Å². The van der Waals surface area contributed by atoms with Crippen molar-refractivity contribution in [3.63, 3.8) is 0 Å². The van der Waals surface area contributed by atoms with Gasteiger partial charge in [-0.25, -0.2) is 0 Å². The van der Waals surface area contributed by atoms with Gasteiger partial charge < -0.3 is 5.32 Å². The molecule has 0 saturated heterocycles. The zero-order valence-corrected chi connectivity index (χ0v) is 14.9. The maximum Gasteiger partial charge on any atom is 0.250 e. The number of fused-ring (bicyclic) bond motifs is 2. The molecule has 0 atom stereocenters. The molecule has 0 spiro atoms. The van der Waals surface area contributed by atoms with Crippen LogP contribution in [0.2, 0.25) is 5.02 Å². The number of halogens is 1. The first kappa shape index (κ1) is 15.8. The van der Waals surface area contributed by atoms with Gasteiger partial charge in [0.2, 0.25) is 0 Å². The number of anilines is 2. The van der Waals surface area contributed by atoms with Gasteiger partial charge in [-0.05, 0) is 18.2 Å². The summed E-state index contributed by atoms with van der Waals surface area (Å²) in [5.41, 5.74) is 4.53. The maximum atomic E-state index is 6.28. The summed E-state index contributed by atoms with van der Waals surface area (Å²) in [7, 11) is 0. The maximum absolute atomic E-state index is 6.28. The van der Waals surface area contributed by atoms with Crippen LogP contribution in [0.25, 0.3) is 11.4 Å². The number of nitrogens with one attached hydrogen (secondary N) is 1. The zero-order chi connectivity index (χ0) is 18.2. The minimum atomic E-state index is 0.559. The van der Waals surface area contributed by atoms with E-state index in [1.54, 1.807) is 4.68 Å². The van der Waals surface area contributed by atoms with Gasteiger partial charge >= 0.3 is 0 Å². The van der Waals surface area contributed by atoms with Crippen LogP contribution in [-0.2, 0) is 0 Å². The van der Waals surface area contributed by atoms with Crippen LogP contribution >= 0.6 is 11.6 Å². The van der Waals surface area contributed by atoms with E-state index in [9.17, 15) is 0 Å². The molecule has 0 saturated carbocycles. The lowest BCUT2D eigenvalue weighted by molar-refractivity contribution is 0.897. The van der Waals surface area contributed by atoms with Crippen molar-refractivity contribution in [2.75, 3.05) is 5.32 Å². The monoisotopic (exact) mass is 371 g/mol. The van der Waals surface area contributed by atoms with E-state index < -0.39 is 0 Å². The SMILES string of the molecule is Clc1ccc2c(c1)C(c1ccccc1)=Nn1c(nnc1-c1ccccc1)N2. The molecule has 4 aromatic rings. The summed E-state index contributed by atoms with van der Waals surface area (Å²) in [6, 6.07) is 25.6. The van der Waals surface area contributed by atoms with Crippen LogP contribution in [0.1, 0.15) is 11.1 Å². The standard InChI is InChI=1S/C21H14ClN5/c22-16-11-12-18-17(13-16)19(14-7-3-1-4-8-14)26-27-20(24-25-21(27)23-18)15-9-5-2-6-10-15/h1-13H,(H,23,25). The lowest BCUT2D eigenvalue weighted by atomic mass is 10.0. The lowest BCUT2D eigenvalue weighted by Crippen LogP contribution is -2.06. The number of hydrogen-bond acceptors (Lipinski definition) is 4. The van der Waals surface area contributed by atoms with Crippen molar-refractivity contribution in [3.8, 4) is 11.4 Å². The third-order valence-electron chi connectivity index (χ3n) is 4.40. The van der Waals surface area contributed by atoms with E-state index >= 15 is 0 Å². The van der Waals surface area contributed by atoms with Crippen molar-refractivity contribution in [2.24, 2.45) is 5.10 Å². The number of benzene rings is 3. The van der Waals surface area contributed by atoms with Crippen molar-refractivity contribution in [2.45, 2.75) is 0 Å². The molecule has 0 amide bonds. The van der Waals surface area contributed by atoms with Crippen LogP contribution in [0.5, 0.6) is 0 Å². The fourth-order valence-corrected chi connectivity index (χ4v) is 3.30. The summed E-state index contributed by atoms with van der Waals surface area (Å²) < 4.78 is 1.74. The smallest absolute Gasteiger partial charge is 0.250 e. The first-order chi connectivity index (χ1) is 13.3. The van der Waals surface area contributed by atoms with Crippen molar-refractivity contribution < 1.29 is 0 Å². The number of aromatic nitrogens is 3. The van der Waals surface area contributed by atoms with Crippen molar-refractivity contribution in [1.29, 1.82) is 0 Å². The van der Waals surface area contributed by atoms with E-state index in [2.05, 4.69) is 15.5 Å². The lowest BCUT2D eigenvalue weighted by Gasteiger charge is -2.10. The van der Waals surface area contributed by atoms with Crippen LogP contribution in [0, 0.1) is 0 Å². The van der Waals surface area contributed by atoms with Crippen molar-refractivity contribution in [3.05, 3.63) is 95.0 Å². The second-order valence-corrected chi connectivity index (χ2v) is 6.59. The molecule has 0 fully saturated rings. The first-order valence-corrected chi connectivity index (χ1v) is 8.89. The minimum Gasteiger partial charge on any atom is -0.322 e. The highest BCUT2D eigenvalue weighted by Gasteiger charge is 2.22. The van der Waals surface area contributed by atoms with E-state index in [0.717, 1.165) is 28.1 Å². The molecule has 6 heteroatoms. The Bertz CT molecular complexity index is 1150. The Morgan fingerprint density at radius 1 is 0.778 bits per heavy atom. The average Bonchev–Trinajstić information content (AvgIpc) is 3.03. The van der Waals surface area contributed by atoms with Crippen LogP contribution < -0.4 is 5.32 Å². The normalized spacial score (nSPS) is 12.4. The fraction of sp³-hybridized carbons (Fsp3) is 0. The van der Waals surface area contributed by atoms with Gasteiger partial charge in [-0.15, -0.1) is 10.2 Å². The highest BCUT2D eigenvalue weighted by Crippen LogP contribution is 2.31. The van der Waals surface area contributed by atoms with Crippen molar-refractivity contribution in [1.82, 2.24) is 14.9 Å². The number of hydrogen-bond donors (Lipinski definition) is 1. The molecule has 130 valence electrons. The Morgan fingerprint density at radius 2 is 1.48 bits per heavy atom. The predicted molar refractivity (Wildman–Crippen MR) is 108 cm³/mol. The molecule has 5 rings (SSSR count). The van der Waals surface area contributed by atoms with Gasteiger partial charge in [-0.3, -0.25) is 0 Å². The highest BCUT2D eigenvalue weighted by atomic mass is 35.5. The molecule has 0 radical (unpaired) electrons. The zero-order valence-electron chi connectivity index (χ0n) is 14.2. The van der Waals surface area contributed by atoms with Crippen LogP contribution in [0.15, 0.2) is 84.0 Å². The Morgan fingerprint density at radius 3 is 2.22 bits per heavy atom. The van der Waals surface area contributed by atoms with Gasteiger partial charge in [0.05, 0.1) is 5.69 Å². The van der Waals surface area contributed by atoms with E-state index in [0.29, 0.717) is 16.8 Å². The molecular weight excluding hydrogens is 358 g/mol. The van der Waals surface area contributed by atoms with Crippen LogP contribution in [-0.4, -0.2) is 20.6 Å². The molecule has 5 nitrogen and oxygen atoms in total. The molecule has 0 bridgehead atoms. The molecule has 1 aromatic heterocycles. The topological polar surface area (TPSA) is 55.1 Å². The predicted octanol–water partition coefficient (Wildman–Crippen LogP) is 4.96. The molecule has 2 heterocycles. The first-order valence-electron chi connectivity index (χ1n) is 8.52. The Balaban J connectivity index is 1.78. The van der Waals surface area contributed by atoms with Crippen molar-refractivity contribution >= 4 is 28.9 Å². The quantitative estimate of drug-likeness (QED) is 0.477. The van der Waals surface area contributed by atoms with E-state index in [1.807, 2.05) is 78.9 Å². The van der Waals surface area contributed by atoms with Gasteiger partial charge in [0.15, 0.2) is 5.82 Å². The summed E-state index contributed by atoms with van der Waals surface area (Å²) in [5.74, 6) is 1.23. The molecule has 0 aliphatic carbocycles. The second-order valence-electron chi connectivity index (χ2n) is 6.15. The summed E-state index contributed by atoms with van der Waals surface area (Å²) in [6.07, 6.45) is 0. The highest BCUT2D eigenvalue weighted by molar-refractivity contribution is 6.31. The van der Waals surface area contributed by atoms with Gasteiger partial charge in [0.25, 0.3) is 5.95 Å². The number of nitrogens with zero attached hydrogens (tertiary/aromatic N) is 4. The molecule has 1 aliphatic heterocycles. The largest absolute Gasteiger partial charge is 0.322 e. The Labute approximate surface area is 161 Å². The molecule has 3 aromatic carbocycles. The molecule has 1 N–H and O–H groups in total. The molecule has 27 heavy (non-hydrogen) atoms. The Hall–Kier alpha value is -3.44. The summed E-state index contributed by atoms with van der Waals surface area (Å²) in [5, 5.41) is 17.6. The Kier molecular flexibility index (Phi) is 3.73. The summed E-state index contributed by atoms with van der Waals surface area (Å²) >= 11 is 6.28.